The summed E-state index contributed by atoms with van der Waals surface area (Å²) in [6.07, 6.45) is 2.57. The van der Waals surface area contributed by atoms with E-state index in [9.17, 15) is 9.90 Å². The Bertz CT molecular complexity index is 1370. The van der Waals surface area contributed by atoms with Gasteiger partial charge in [0.15, 0.2) is 0 Å². The molecule has 0 radical (unpaired) electrons. The Balaban J connectivity index is 1.57. The van der Waals surface area contributed by atoms with E-state index >= 15 is 0 Å². The fourth-order valence-electron chi connectivity index (χ4n) is 4.77. The van der Waals surface area contributed by atoms with Gasteiger partial charge in [-0.25, -0.2) is 0 Å². The number of para-hydroxylation sites is 1. The van der Waals surface area contributed by atoms with E-state index in [4.69, 9.17) is 0 Å². The number of aliphatic hydroxyl groups excluding tert-OH is 1. The zero-order valence-corrected chi connectivity index (χ0v) is 18.1. The number of fused-ring (bicyclic) bond motifs is 3. The summed E-state index contributed by atoms with van der Waals surface area (Å²) in [6.45, 7) is 1.94. The number of H-pyrrole nitrogens is 1. The van der Waals surface area contributed by atoms with Crippen molar-refractivity contribution in [2.24, 2.45) is 0 Å². The average molecular weight is 423 g/mol. The third-order valence-corrected chi connectivity index (χ3v) is 6.40. The van der Waals surface area contributed by atoms with E-state index in [-0.39, 0.29) is 18.6 Å². The van der Waals surface area contributed by atoms with Crippen molar-refractivity contribution >= 4 is 38.4 Å². The molecule has 0 spiro atoms. The third-order valence-electron chi connectivity index (χ3n) is 6.40. The Labute approximate surface area is 187 Å². The SMILES string of the molecule is CC(=O)N(Cc1c2ccccc2cc2ccccc12)[C@H](CO)Cc1c[nH]c2ccccc12. The van der Waals surface area contributed by atoms with Gasteiger partial charge in [-0.05, 0) is 51.2 Å². The fourth-order valence-corrected chi connectivity index (χ4v) is 4.77. The molecule has 2 N–H and O–H groups in total. The van der Waals surface area contributed by atoms with Gasteiger partial charge in [-0.1, -0.05) is 66.7 Å². The number of amides is 1. The van der Waals surface area contributed by atoms with Gasteiger partial charge in [-0.15, -0.1) is 0 Å². The number of hydrogen-bond donors (Lipinski definition) is 2. The summed E-state index contributed by atoms with van der Waals surface area (Å²) in [5, 5.41) is 16.0. The molecule has 0 unspecified atom stereocenters. The largest absolute Gasteiger partial charge is 0.394 e. The fraction of sp³-hybridized carbons (Fsp3) is 0.179. The number of aliphatic hydroxyl groups is 1. The molecule has 1 aromatic heterocycles. The maximum absolute atomic E-state index is 12.8. The lowest BCUT2D eigenvalue weighted by Crippen LogP contribution is -2.42. The number of benzene rings is 4. The van der Waals surface area contributed by atoms with Crippen LogP contribution in [0, 0.1) is 0 Å². The molecule has 0 aliphatic carbocycles. The molecule has 1 amide bonds. The van der Waals surface area contributed by atoms with E-state index in [2.05, 4.69) is 41.4 Å². The first-order chi connectivity index (χ1) is 15.7. The Hall–Kier alpha value is -3.63. The minimum absolute atomic E-state index is 0.0408. The molecule has 160 valence electrons. The van der Waals surface area contributed by atoms with E-state index in [1.165, 1.54) is 0 Å². The number of nitrogens with one attached hydrogen (secondary N) is 1. The lowest BCUT2D eigenvalue weighted by Gasteiger charge is -2.31. The van der Waals surface area contributed by atoms with E-state index in [1.807, 2.05) is 53.6 Å². The smallest absolute Gasteiger partial charge is 0.220 e. The number of rotatable bonds is 6. The molecule has 32 heavy (non-hydrogen) atoms. The van der Waals surface area contributed by atoms with Crippen LogP contribution in [0.3, 0.4) is 0 Å². The van der Waals surface area contributed by atoms with Gasteiger partial charge >= 0.3 is 0 Å². The van der Waals surface area contributed by atoms with Gasteiger partial charge < -0.3 is 15.0 Å². The molecular weight excluding hydrogens is 396 g/mol. The van der Waals surface area contributed by atoms with Crippen molar-refractivity contribution in [1.82, 2.24) is 9.88 Å². The van der Waals surface area contributed by atoms with Crippen LogP contribution >= 0.6 is 0 Å². The van der Waals surface area contributed by atoms with Crippen LogP contribution in [-0.2, 0) is 17.8 Å². The second-order valence-electron chi connectivity index (χ2n) is 8.34. The first-order valence-electron chi connectivity index (χ1n) is 11.0. The van der Waals surface area contributed by atoms with Crippen LogP contribution in [-0.4, -0.2) is 33.5 Å². The molecule has 4 aromatic carbocycles. The molecule has 0 aliphatic heterocycles. The number of aromatic amines is 1. The van der Waals surface area contributed by atoms with Crippen molar-refractivity contribution < 1.29 is 9.90 Å². The normalized spacial score (nSPS) is 12.4. The zero-order chi connectivity index (χ0) is 22.1. The van der Waals surface area contributed by atoms with Gasteiger partial charge in [0.1, 0.15) is 0 Å². The molecule has 1 heterocycles. The zero-order valence-electron chi connectivity index (χ0n) is 18.1. The maximum atomic E-state index is 12.8. The van der Waals surface area contributed by atoms with Crippen LogP contribution in [0.5, 0.6) is 0 Å². The second-order valence-corrected chi connectivity index (χ2v) is 8.34. The van der Waals surface area contributed by atoms with Crippen molar-refractivity contribution in [3.8, 4) is 0 Å². The summed E-state index contributed by atoms with van der Waals surface area (Å²) >= 11 is 0. The third kappa shape index (κ3) is 3.63. The van der Waals surface area contributed by atoms with Crippen molar-refractivity contribution in [2.45, 2.75) is 25.9 Å². The minimum Gasteiger partial charge on any atom is -0.394 e. The lowest BCUT2D eigenvalue weighted by atomic mass is 9.95. The predicted molar refractivity (Wildman–Crippen MR) is 131 cm³/mol. The van der Waals surface area contributed by atoms with E-state index in [1.54, 1.807) is 6.92 Å². The molecule has 4 nitrogen and oxygen atoms in total. The molecule has 4 heteroatoms. The molecule has 1 atom stereocenters. The Morgan fingerprint density at radius 2 is 1.50 bits per heavy atom. The van der Waals surface area contributed by atoms with Gasteiger partial charge in [0.25, 0.3) is 0 Å². The summed E-state index contributed by atoms with van der Waals surface area (Å²) < 4.78 is 0. The Morgan fingerprint density at radius 3 is 2.12 bits per heavy atom. The van der Waals surface area contributed by atoms with Gasteiger partial charge in [0.05, 0.1) is 12.6 Å². The molecule has 5 aromatic rings. The van der Waals surface area contributed by atoms with Crippen LogP contribution in [0.2, 0.25) is 0 Å². The quantitative estimate of drug-likeness (QED) is 0.359. The number of aromatic nitrogens is 1. The summed E-state index contributed by atoms with van der Waals surface area (Å²) in [6, 6.07) is 26.6. The highest BCUT2D eigenvalue weighted by atomic mass is 16.3. The van der Waals surface area contributed by atoms with Crippen molar-refractivity contribution in [3.63, 3.8) is 0 Å². The van der Waals surface area contributed by atoms with Gasteiger partial charge in [0.2, 0.25) is 5.91 Å². The number of carbonyl (C=O) groups is 1. The minimum atomic E-state index is -0.315. The highest BCUT2D eigenvalue weighted by Gasteiger charge is 2.24. The van der Waals surface area contributed by atoms with Crippen LogP contribution in [0.4, 0.5) is 0 Å². The topological polar surface area (TPSA) is 56.3 Å². The molecule has 0 bridgehead atoms. The van der Waals surface area contributed by atoms with E-state index in [0.717, 1.165) is 43.6 Å². The standard InChI is InChI=1S/C28H26N2O2/c1-19(32)30(23(18-31)15-22-16-29-28-13-7-6-12-26(22)28)17-27-24-10-4-2-8-20(24)14-21-9-3-5-11-25(21)27/h2-14,16,23,29,31H,15,17-18H2,1H3/t23-/m0/s1. The Morgan fingerprint density at radius 1 is 0.906 bits per heavy atom. The van der Waals surface area contributed by atoms with Crippen LogP contribution < -0.4 is 0 Å². The average Bonchev–Trinajstić information content (AvgIpc) is 3.23. The number of hydrogen-bond acceptors (Lipinski definition) is 2. The van der Waals surface area contributed by atoms with Crippen molar-refractivity contribution in [1.29, 1.82) is 0 Å². The maximum Gasteiger partial charge on any atom is 0.220 e. The monoisotopic (exact) mass is 422 g/mol. The van der Waals surface area contributed by atoms with Gasteiger partial charge in [-0.2, -0.15) is 0 Å². The molecule has 0 aliphatic rings. The van der Waals surface area contributed by atoms with E-state index in [0.29, 0.717) is 13.0 Å². The highest BCUT2D eigenvalue weighted by molar-refractivity contribution is 6.02. The van der Waals surface area contributed by atoms with Crippen LogP contribution in [0.1, 0.15) is 18.1 Å². The Kier molecular flexibility index (Phi) is 5.38. The van der Waals surface area contributed by atoms with Crippen molar-refractivity contribution in [3.05, 3.63) is 96.2 Å². The summed E-state index contributed by atoms with van der Waals surface area (Å²) in [5.74, 6) is -0.0408. The first kappa shape index (κ1) is 20.3. The second kappa shape index (κ2) is 8.48. The summed E-state index contributed by atoms with van der Waals surface area (Å²) in [7, 11) is 0. The molecular formula is C28H26N2O2. The molecule has 0 saturated heterocycles. The van der Waals surface area contributed by atoms with Crippen molar-refractivity contribution in [2.75, 3.05) is 6.61 Å². The summed E-state index contributed by atoms with van der Waals surface area (Å²) in [4.78, 5) is 17.9. The summed E-state index contributed by atoms with van der Waals surface area (Å²) in [5.41, 5.74) is 3.29. The first-order valence-corrected chi connectivity index (χ1v) is 11.0. The van der Waals surface area contributed by atoms with E-state index < -0.39 is 0 Å². The number of carbonyl (C=O) groups excluding carboxylic acids is 1. The number of nitrogens with zero attached hydrogens (tertiary/aromatic N) is 1. The highest BCUT2D eigenvalue weighted by Crippen LogP contribution is 2.30. The van der Waals surface area contributed by atoms with Crippen LogP contribution in [0.15, 0.2) is 85.1 Å². The predicted octanol–water partition coefficient (Wildman–Crippen LogP) is 5.43. The van der Waals surface area contributed by atoms with Gasteiger partial charge in [0, 0.05) is 30.6 Å². The van der Waals surface area contributed by atoms with Crippen LogP contribution in [0.25, 0.3) is 32.4 Å². The van der Waals surface area contributed by atoms with Gasteiger partial charge in [-0.3, -0.25) is 4.79 Å². The lowest BCUT2D eigenvalue weighted by molar-refractivity contribution is -0.132. The molecule has 0 fully saturated rings. The molecule has 5 rings (SSSR count). The molecule has 0 saturated carbocycles.